The molecule has 5 nitrogen and oxygen atoms in total. The van der Waals surface area contributed by atoms with Gasteiger partial charge in [0.05, 0.1) is 13.2 Å². The second kappa shape index (κ2) is 12.0. The van der Waals surface area contributed by atoms with Gasteiger partial charge in [0.15, 0.2) is 0 Å². The van der Waals surface area contributed by atoms with Crippen molar-refractivity contribution in [2.45, 2.75) is 26.2 Å². The van der Waals surface area contributed by atoms with Crippen molar-refractivity contribution in [1.82, 2.24) is 10.6 Å². The summed E-state index contributed by atoms with van der Waals surface area (Å²) in [5.74, 6) is -0.301. The number of rotatable bonds is 10. The van der Waals surface area contributed by atoms with Crippen LogP contribution in [-0.4, -0.2) is 18.4 Å². The lowest BCUT2D eigenvalue weighted by atomic mass is 10.1. The first-order valence-electron chi connectivity index (χ1n) is 10.1. The van der Waals surface area contributed by atoms with Gasteiger partial charge >= 0.3 is 0 Å². The maximum atomic E-state index is 12.1. The van der Waals surface area contributed by atoms with E-state index in [9.17, 15) is 9.59 Å². The average Bonchev–Trinajstić information content (AvgIpc) is 2.79. The SMILES string of the molecule is O=C(CCNC(=O)c1ccc(Br)cc1)NCc1cccc(COCc2ccccc2)c1. The van der Waals surface area contributed by atoms with Gasteiger partial charge in [-0.3, -0.25) is 9.59 Å². The van der Waals surface area contributed by atoms with Crippen molar-refractivity contribution in [3.05, 3.63) is 106 Å². The molecular formula is C25H25BrN2O3. The molecule has 0 aliphatic rings. The van der Waals surface area contributed by atoms with Gasteiger partial charge in [0, 0.05) is 29.5 Å². The minimum Gasteiger partial charge on any atom is -0.372 e. The molecule has 3 aromatic rings. The van der Waals surface area contributed by atoms with Crippen molar-refractivity contribution in [3.63, 3.8) is 0 Å². The molecule has 0 saturated carbocycles. The van der Waals surface area contributed by atoms with Crippen LogP contribution in [0.4, 0.5) is 0 Å². The number of nitrogens with one attached hydrogen (secondary N) is 2. The molecule has 31 heavy (non-hydrogen) atoms. The quantitative estimate of drug-likeness (QED) is 0.445. The monoisotopic (exact) mass is 480 g/mol. The maximum absolute atomic E-state index is 12.1. The van der Waals surface area contributed by atoms with E-state index in [1.165, 1.54) is 0 Å². The summed E-state index contributed by atoms with van der Waals surface area (Å²) < 4.78 is 6.69. The minimum absolute atomic E-state index is 0.109. The molecule has 3 aromatic carbocycles. The second-order valence-electron chi connectivity index (χ2n) is 7.09. The molecule has 0 bridgehead atoms. The van der Waals surface area contributed by atoms with E-state index in [-0.39, 0.29) is 24.8 Å². The molecule has 0 aliphatic carbocycles. The Hall–Kier alpha value is -2.96. The highest BCUT2D eigenvalue weighted by Crippen LogP contribution is 2.11. The molecule has 0 atom stereocenters. The average molecular weight is 481 g/mol. The Balaban J connectivity index is 1.36. The lowest BCUT2D eigenvalue weighted by Gasteiger charge is -2.09. The summed E-state index contributed by atoms with van der Waals surface area (Å²) in [6, 6.07) is 25.1. The first kappa shape index (κ1) is 22.7. The molecule has 3 rings (SSSR count). The number of benzene rings is 3. The highest BCUT2D eigenvalue weighted by Gasteiger charge is 2.07. The Kier molecular flexibility index (Phi) is 8.82. The van der Waals surface area contributed by atoms with Gasteiger partial charge in [-0.15, -0.1) is 0 Å². The van der Waals surface area contributed by atoms with E-state index in [2.05, 4.69) is 26.6 Å². The van der Waals surface area contributed by atoms with Crippen molar-refractivity contribution in [2.75, 3.05) is 6.54 Å². The molecule has 0 unspecified atom stereocenters. The molecule has 6 heteroatoms. The van der Waals surface area contributed by atoms with Gasteiger partial charge in [0.2, 0.25) is 5.91 Å². The van der Waals surface area contributed by atoms with Crippen molar-refractivity contribution in [2.24, 2.45) is 0 Å². The van der Waals surface area contributed by atoms with E-state index < -0.39 is 0 Å². The van der Waals surface area contributed by atoms with Gasteiger partial charge < -0.3 is 15.4 Å². The molecule has 160 valence electrons. The van der Waals surface area contributed by atoms with E-state index in [0.717, 1.165) is 21.2 Å². The molecule has 2 N–H and O–H groups in total. The smallest absolute Gasteiger partial charge is 0.251 e. The first-order chi connectivity index (χ1) is 15.1. The molecule has 0 radical (unpaired) electrons. The third-order valence-electron chi connectivity index (χ3n) is 4.61. The molecule has 0 fully saturated rings. The Morgan fingerprint density at radius 1 is 0.774 bits per heavy atom. The van der Waals surface area contributed by atoms with E-state index in [1.807, 2.05) is 66.7 Å². The highest BCUT2D eigenvalue weighted by atomic mass is 79.9. The lowest BCUT2D eigenvalue weighted by molar-refractivity contribution is -0.121. The fourth-order valence-corrected chi connectivity index (χ4v) is 3.24. The van der Waals surface area contributed by atoms with E-state index in [4.69, 9.17) is 4.74 Å². The van der Waals surface area contributed by atoms with Crippen molar-refractivity contribution in [3.8, 4) is 0 Å². The van der Waals surface area contributed by atoms with Crippen LogP contribution in [0.25, 0.3) is 0 Å². The predicted octanol–water partition coefficient (Wildman–Crippen LogP) is 4.60. The fraction of sp³-hybridized carbons (Fsp3) is 0.200. The van der Waals surface area contributed by atoms with Gasteiger partial charge in [-0.25, -0.2) is 0 Å². The number of hydrogen-bond donors (Lipinski definition) is 2. The van der Waals surface area contributed by atoms with Crippen LogP contribution in [0.1, 0.15) is 33.5 Å². The normalized spacial score (nSPS) is 10.5. The van der Waals surface area contributed by atoms with Gasteiger partial charge in [-0.1, -0.05) is 70.5 Å². The summed E-state index contributed by atoms with van der Waals surface area (Å²) in [6.45, 7) is 1.80. The number of carbonyl (C=O) groups excluding carboxylic acids is 2. The molecule has 0 aromatic heterocycles. The molecule has 0 aliphatic heterocycles. The Morgan fingerprint density at radius 3 is 2.23 bits per heavy atom. The fourth-order valence-electron chi connectivity index (χ4n) is 2.97. The molecular weight excluding hydrogens is 456 g/mol. The third-order valence-corrected chi connectivity index (χ3v) is 5.13. The van der Waals surface area contributed by atoms with Crippen LogP contribution in [-0.2, 0) is 29.3 Å². The predicted molar refractivity (Wildman–Crippen MR) is 124 cm³/mol. The zero-order valence-corrected chi connectivity index (χ0v) is 18.7. The number of carbonyl (C=O) groups is 2. The molecule has 0 spiro atoms. The van der Waals surface area contributed by atoms with Crippen LogP contribution in [0.15, 0.2) is 83.3 Å². The van der Waals surface area contributed by atoms with Crippen LogP contribution in [0.3, 0.4) is 0 Å². The Morgan fingerprint density at radius 2 is 1.45 bits per heavy atom. The number of ether oxygens (including phenoxy) is 1. The molecule has 2 amide bonds. The highest BCUT2D eigenvalue weighted by molar-refractivity contribution is 9.10. The summed E-state index contributed by atoms with van der Waals surface area (Å²) in [4.78, 5) is 24.2. The zero-order valence-electron chi connectivity index (χ0n) is 17.1. The third kappa shape index (κ3) is 8.00. The standard InChI is InChI=1S/C25H25BrN2O3/c26-23-11-9-22(10-12-23)25(30)27-14-13-24(29)28-16-20-7-4-8-21(15-20)18-31-17-19-5-2-1-3-6-19/h1-12,15H,13-14,16-18H2,(H,27,30)(H,28,29). The second-order valence-corrected chi connectivity index (χ2v) is 8.00. The van der Waals surface area contributed by atoms with Crippen molar-refractivity contribution < 1.29 is 14.3 Å². The number of hydrogen-bond acceptors (Lipinski definition) is 3. The summed E-state index contributed by atoms with van der Waals surface area (Å²) in [7, 11) is 0. The van der Waals surface area contributed by atoms with Crippen LogP contribution in [0, 0.1) is 0 Å². The van der Waals surface area contributed by atoms with Crippen LogP contribution in [0.2, 0.25) is 0 Å². The Bertz CT molecular complexity index is 991. The van der Waals surface area contributed by atoms with Crippen LogP contribution in [0.5, 0.6) is 0 Å². The summed E-state index contributed by atoms with van der Waals surface area (Å²) in [5, 5.41) is 5.65. The Labute approximate surface area is 191 Å². The minimum atomic E-state index is -0.191. The van der Waals surface area contributed by atoms with E-state index in [1.54, 1.807) is 12.1 Å². The summed E-state index contributed by atoms with van der Waals surface area (Å²) in [6.07, 6.45) is 0.224. The van der Waals surface area contributed by atoms with E-state index in [0.29, 0.717) is 25.3 Å². The van der Waals surface area contributed by atoms with Gasteiger partial charge in [-0.05, 0) is 41.0 Å². The molecule has 0 saturated heterocycles. The lowest BCUT2D eigenvalue weighted by Crippen LogP contribution is -2.30. The largest absolute Gasteiger partial charge is 0.372 e. The van der Waals surface area contributed by atoms with Gasteiger partial charge in [0.25, 0.3) is 5.91 Å². The molecule has 0 heterocycles. The summed E-state index contributed by atoms with van der Waals surface area (Å²) in [5.41, 5.74) is 3.77. The van der Waals surface area contributed by atoms with Crippen LogP contribution < -0.4 is 10.6 Å². The summed E-state index contributed by atoms with van der Waals surface area (Å²) >= 11 is 3.34. The zero-order chi connectivity index (χ0) is 21.9. The number of halogens is 1. The van der Waals surface area contributed by atoms with Crippen molar-refractivity contribution >= 4 is 27.7 Å². The first-order valence-corrected chi connectivity index (χ1v) is 10.9. The van der Waals surface area contributed by atoms with Crippen LogP contribution >= 0.6 is 15.9 Å². The van der Waals surface area contributed by atoms with Crippen molar-refractivity contribution in [1.29, 1.82) is 0 Å². The number of amides is 2. The van der Waals surface area contributed by atoms with Gasteiger partial charge in [0.1, 0.15) is 0 Å². The maximum Gasteiger partial charge on any atom is 0.251 e. The van der Waals surface area contributed by atoms with Gasteiger partial charge in [-0.2, -0.15) is 0 Å². The van der Waals surface area contributed by atoms with E-state index >= 15 is 0 Å². The topological polar surface area (TPSA) is 67.4 Å².